The van der Waals surface area contributed by atoms with Crippen LogP contribution >= 0.6 is 11.6 Å². The van der Waals surface area contributed by atoms with Crippen LogP contribution in [0.15, 0.2) is 48.5 Å². The summed E-state index contributed by atoms with van der Waals surface area (Å²) in [6.07, 6.45) is -0.283. The van der Waals surface area contributed by atoms with E-state index in [9.17, 15) is 14.7 Å². The Morgan fingerprint density at radius 2 is 1.92 bits per heavy atom. The van der Waals surface area contributed by atoms with Gasteiger partial charge in [-0.25, -0.2) is 0 Å². The number of Topliss-reactive ketones (excluding diaryl/α,β-unsaturated/α-hetero) is 1. The van der Waals surface area contributed by atoms with Crippen molar-refractivity contribution in [1.29, 1.82) is 0 Å². The lowest BCUT2D eigenvalue weighted by Crippen LogP contribution is -2.43. The fourth-order valence-corrected chi connectivity index (χ4v) is 3.36. The summed E-state index contributed by atoms with van der Waals surface area (Å²) in [6, 6.07) is 14.2. The molecule has 130 valence electrons. The molecule has 5 nitrogen and oxygen atoms in total. The van der Waals surface area contributed by atoms with Crippen molar-refractivity contribution in [3.63, 3.8) is 0 Å². The predicted molar refractivity (Wildman–Crippen MR) is 94.9 cm³/mol. The van der Waals surface area contributed by atoms with Gasteiger partial charge < -0.3 is 14.7 Å². The van der Waals surface area contributed by atoms with Crippen molar-refractivity contribution in [3.05, 3.63) is 59.1 Å². The Kier molecular flexibility index (Phi) is 4.79. The van der Waals surface area contributed by atoms with E-state index in [1.54, 1.807) is 18.2 Å². The fourth-order valence-electron chi connectivity index (χ4n) is 3.08. The second-order valence-electron chi connectivity index (χ2n) is 5.99. The molecule has 1 atom stereocenters. The van der Waals surface area contributed by atoms with Gasteiger partial charge in [-0.2, -0.15) is 0 Å². The van der Waals surface area contributed by atoms with E-state index < -0.39 is 11.5 Å². The monoisotopic (exact) mass is 359 g/mol. The minimum atomic E-state index is -1.88. The van der Waals surface area contributed by atoms with Crippen LogP contribution in [0.4, 0.5) is 5.69 Å². The average molecular weight is 360 g/mol. The van der Waals surface area contributed by atoms with Gasteiger partial charge in [-0.1, -0.05) is 41.9 Å². The Labute approximate surface area is 150 Å². The molecule has 0 saturated carbocycles. The van der Waals surface area contributed by atoms with Crippen molar-refractivity contribution in [1.82, 2.24) is 0 Å². The Hall–Kier alpha value is -2.37. The van der Waals surface area contributed by atoms with E-state index in [0.717, 1.165) is 0 Å². The van der Waals surface area contributed by atoms with Crippen LogP contribution in [0.25, 0.3) is 0 Å². The highest BCUT2D eigenvalue weighted by Crippen LogP contribution is 2.45. The quantitative estimate of drug-likeness (QED) is 0.861. The minimum Gasteiger partial charge on any atom is -0.492 e. The van der Waals surface area contributed by atoms with E-state index in [4.69, 9.17) is 16.3 Å². The number of halogens is 1. The lowest BCUT2D eigenvalue weighted by molar-refractivity contribution is -0.141. The second kappa shape index (κ2) is 6.86. The number of para-hydroxylation sites is 2. The van der Waals surface area contributed by atoms with Crippen molar-refractivity contribution in [2.45, 2.75) is 18.9 Å². The third-order valence-electron chi connectivity index (χ3n) is 4.13. The van der Waals surface area contributed by atoms with Gasteiger partial charge in [-0.3, -0.25) is 9.59 Å². The summed E-state index contributed by atoms with van der Waals surface area (Å²) >= 11 is 6.26. The average Bonchev–Trinajstić information content (AvgIpc) is 2.78. The molecule has 1 amide bonds. The van der Waals surface area contributed by atoms with Crippen LogP contribution in [0.3, 0.4) is 0 Å². The minimum absolute atomic E-state index is 0.213. The first kappa shape index (κ1) is 17.5. The molecule has 1 N–H and O–H groups in total. The van der Waals surface area contributed by atoms with E-state index in [1.165, 1.54) is 11.8 Å². The van der Waals surface area contributed by atoms with E-state index in [2.05, 4.69) is 0 Å². The van der Waals surface area contributed by atoms with Gasteiger partial charge in [0.2, 0.25) is 0 Å². The molecule has 0 aliphatic carbocycles. The highest BCUT2D eigenvalue weighted by Gasteiger charge is 2.51. The standard InChI is InChI=1S/C19H18ClNO4/c1-13(22)12-19(24)15-8-5-9-16(20)17(15)21(18(19)23)10-11-25-14-6-3-2-4-7-14/h2-9,24H,10-12H2,1H3. The van der Waals surface area contributed by atoms with E-state index in [-0.39, 0.29) is 25.4 Å². The van der Waals surface area contributed by atoms with Gasteiger partial charge >= 0.3 is 0 Å². The molecule has 25 heavy (non-hydrogen) atoms. The van der Waals surface area contributed by atoms with Crippen molar-refractivity contribution in [2.24, 2.45) is 0 Å². The molecule has 3 rings (SSSR count). The Balaban J connectivity index is 1.85. The molecular weight excluding hydrogens is 342 g/mol. The summed E-state index contributed by atoms with van der Waals surface area (Å²) < 4.78 is 5.63. The first-order chi connectivity index (χ1) is 11.9. The largest absolute Gasteiger partial charge is 0.492 e. The molecule has 1 unspecified atom stereocenters. The zero-order chi connectivity index (χ0) is 18.0. The first-order valence-corrected chi connectivity index (χ1v) is 8.32. The molecule has 0 radical (unpaired) electrons. The molecule has 2 aromatic rings. The number of hydrogen-bond acceptors (Lipinski definition) is 4. The molecule has 1 aliphatic rings. The molecule has 0 saturated heterocycles. The molecule has 6 heteroatoms. The highest BCUT2D eigenvalue weighted by atomic mass is 35.5. The maximum Gasteiger partial charge on any atom is 0.264 e. The van der Waals surface area contributed by atoms with Crippen molar-refractivity contribution < 1.29 is 19.4 Å². The number of nitrogens with zero attached hydrogens (tertiary/aromatic N) is 1. The van der Waals surface area contributed by atoms with Crippen LogP contribution in [-0.2, 0) is 15.2 Å². The van der Waals surface area contributed by atoms with Crippen LogP contribution in [0.1, 0.15) is 18.9 Å². The van der Waals surface area contributed by atoms with Crippen LogP contribution < -0.4 is 9.64 Å². The fraction of sp³-hybridized carbons (Fsp3) is 0.263. The van der Waals surface area contributed by atoms with Crippen molar-refractivity contribution in [2.75, 3.05) is 18.1 Å². The number of ether oxygens (including phenoxy) is 1. The Bertz CT molecular complexity index is 808. The first-order valence-electron chi connectivity index (χ1n) is 7.94. The summed E-state index contributed by atoms with van der Waals surface area (Å²) in [7, 11) is 0. The zero-order valence-electron chi connectivity index (χ0n) is 13.7. The summed E-state index contributed by atoms with van der Waals surface area (Å²) in [6.45, 7) is 1.79. The topological polar surface area (TPSA) is 66.8 Å². The molecule has 0 aromatic heterocycles. The van der Waals surface area contributed by atoms with Gasteiger partial charge in [-0.15, -0.1) is 0 Å². The second-order valence-corrected chi connectivity index (χ2v) is 6.40. The maximum atomic E-state index is 12.8. The third-order valence-corrected chi connectivity index (χ3v) is 4.44. The number of ketones is 1. The molecule has 0 fully saturated rings. The van der Waals surface area contributed by atoms with Crippen LogP contribution in [0, 0.1) is 0 Å². The lowest BCUT2D eigenvalue weighted by Gasteiger charge is -2.22. The molecule has 0 bridgehead atoms. The number of amides is 1. The van der Waals surface area contributed by atoms with Gasteiger partial charge in [-0.05, 0) is 25.1 Å². The van der Waals surface area contributed by atoms with E-state index >= 15 is 0 Å². The SMILES string of the molecule is CC(=O)CC1(O)C(=O)N(CCOc2ccccc2)c2c(Cl)cccc21. The zero-order valence-corrected chi connectivity index (χ0v) is 14.5. The van der Waals surface area contributed by atoms with Gasteiger partial charge in [0, 0.05) is 12.0 Å². The van der Waals surface area contributed by atoms with Gasteiger partial charge in [0.15, 0.2) is 5.60 Å². The highest BCUT2D eigenvalue weighted by molar-refractivity contribution is 6.35. The number of hydrogen-bond donors (Lipinski definition) is 1. The lowest BCUT2D eigenvalue weighted by atomic mass is 9.90. The van der Waals surface area contributed by atoms with Gasteiger partial charge in [0.25, 0.3) is 5.91 Å². The number of rotatable bonds is 6. The normalized spacial score (nSPS) is 19.0. The molecule has 1 aliphatic heterocycles. The summed E-state index contributed by atoms with van der Waals surface area (Å²) in [5, 5.41) is 11.2. The smallest absolute Gasteiger partial charge is 0.264 e. The van der Waals surface area contributed by atoms with Crippen LogP contribution in [0.5, 0.6) is 5.75 Å². The number of carbonyl (C=O) groups excluding carboxylic acids is 2. The van der Waals surface area contributed by atoms with Crippen LogP contribution in [-0.4, -0.2) is 29.9 Å². The Morgan fingerprint density at radius 3 is 2.60 bits per heavy atom. The van der Waals surface area contributed by atoms with Crippen molar-refractivity contribution in [3.8, 4) is 5.75 Å². The molecular formula is C19H18ClNO4. The Morgan fingerprint density at radius 1 is 1.20 bits per heavy atom. The predicted octanol–water partition coefficient (Wildman–Crippen LogP) is 2.93. The third kappa shape index (κ3) is 3.25. The molecule has 0 spiro atoms. The van der Waals surface area contributed by atoms with Crippen LogP contribution in [0.2, 0.25) is 5.02 Å². The summed E-state index contributed by atoms with van der Waals surface area (Å²) in [4.78, 5) is 25.8. The summed E-state index contributed by atoms with van der Waals surface area (Å²) in [5.41, 5.74) is -1.08. The number of carbonyl (C=O) groups is 2. The van der Waals surface area contributed by atoms with Gasteiger partial charge in [0.1, 0.15) is 18.1 Å². The van der Waals surface area contributed by atoms with Gasteiger partial charge in [0.05, 0.1) is 17.3 Å². The molecule has 1 heterocycles. The summed E-state index contributed by atoms with van der Waals surface area (Å²) in [5.74, 6) is -0.140. The number of benzene rings is 2. The number of anilines is 1. The maximum absolute atomic E-state index is 12.8. The van der Waals surface area contributed by atoms with Crippen molar-refractivity contribution >= 4 is 29.0 Å². The molecule has 2 aromatic carbocycles. The number of fused-ring (bicyclic) bond motifs is 1. The number of aliphatic hydroxyl groups is 1. The van der Waals surface area contributed by atoms with E-state index in [0.29, 0.717) is 22.0 Å². The van der Waals surface area contributed by atoms with E-state index in [1.807, 2.05) is 30.3 Å².